The standard InChI is InChI=1S/C22H21N2.ClH/c1-3-18-9-8-17(2)24(15-18)16-19-10-12-20(13-11-19)22-7-5-4-6-21(22)14-23;/h4-13,15H,3,16H2,1-2H3;1H/q+1;/p-1. The van der Waals surface area contributed by atoms with Crippen molar-refractivity contribution in [3.63, 3.8) is 0 Å². The molecule has 0 amide bonds. The second-order valence-electron chi connectivity index (χ2n) is 6.01. The molecule has 0 atom stereocenters. The van der Waals surface area contributed by atoms with E-state index in [1.165, 1.54) is 16.8 Å². The molecule has 0 unspecified atom stereocenters. The van der Waals surface area contributed by atoms with Crippen LogP contribution in [0.1, 0.15) is 29.3 Å². The molecule has 0 saturated heterocycles. The molecule has 0 saturated carbocycles. The van der Waals surface area contributed by atoms with Crippen molar-refractivity contribution in [3.05, 3.63) is 89.2 Å². The number of nitrogens with zero attached hydrogens (tertiary/aromatic N) is 2. The molecule has 0 fully saturated rings. The van der Waals surface area contributed by atoms with Gasteiger partial charge in [0.2, 0.25) is 0 Å². The predicted molar refractivity (Wildman–Crippen MR) is 96.4 cm³/mol. The Hall–Kier alpha value is -2.63. The molecule has 1 heterocycles. The topological polar surface area (TPSA) is 27.7 Å². The molecule has 0 radical (unpaired) electrons. The van der Waals surface area contributed by atoms with Crippen LogP contribution in [0.5, 0.6) is 0 Å². The van der Waals surface area contributed by atoms with Gasteiger partial charge < -0.3 is 12.4 Å². The Labute approximate surface area is 155 Å². The fourth-order valence-corrected chi connectivity index (χ4v) is 2.87. The lowest BCUT2D eigenvalue weighted by Crippen LogP contribution is -3.00. The van der Waals surface area contributed by atoms with Crippen molar-refractivity contribution in [2.24, 2.45) is 0 Å². The Morgan fingerprint density at radius 2 is 1.60 bits per heavy atom. The van der Waals surface area contributed by atoms with Crippen LogP contribution in [0.25, 0.3) is 11.1 Å². The van der Waals surface area contributed by atoms with Gasteiger partial charge in [0.15, 0.2) is 18.4 Å². The van der Waals surface area contributed by atoms with Crippen molar-refractivity contribution >= 4 is 0 Å². The van der Waals surface area contributed by atoms with Crippen LogP contribution in [-0.2, 0) is 13.0 Å². The monoisotopic (exact) mass is 348 g/mol. The zero-order valence-electron chi connectivity index (χ0n) is 14.5. The number of benzene rings is 2. The molecule has 3 heteroatoms. The summed E-state index contributed by atoms with van der Waals surface area (Å²) in [6.45, 7) is 5.17. The highest BCUT2D eigenvalue weighted by Crippen LogP contribution is 2.23. The maximum atomic E-state index is 9.26. The molecule has 126 valence electrons. The molecule has 0 aliphatic carbocycles. The number of hydrogen-bond donors (Lipinski definition) is 0. The first-order valence-corrected chi connectivity index (χ1v) is 8.28. The van der Waals surface area contributed by atoms with Gasteiger partial charge in [0.25, 0.3) is 0 Å². The van der Waals surface area contributed by atoms with Crippen molar-refractivity contribution in [1.29, 1.82) is 5.26 Å². The summed E-state index contributed by atoms with van der Waals surface area (Å²) in [7, 11) is 0. The molecular weight excluding hydrogens is 328 g/mol. The van der Waals surface area contributed by atoms with Crippen LogP contribution in [0.3, 0.4) is 0 Å². The van der Waals surface area contributed by atoms with Gasteiger partial charge in [-0.25, -0.2) is 0 Å². The van der Waals surface area contributed by atoms with Crippen molar-refractivity contribution in [3.8, 4) is 17.2 Å². The van der Waals surface area contributed by atoms with Crippen molar-refractivity contribution in [2.75, 3.05) is 0 Å². The summed E-state index contributed by atoms with van der Waals surface area (Å²) in [6.07, 6.45) is 3.28. The minimum atomic E-state index is 0. The molecule has 1 aromatic heterocycles. The van der Waals surface area contributed by atoms with E-state index in [1.54, 1.807) is 0 Å². The molecule has 0 aliphatic rings. The molecule has 2 aromatic carbocycles. The minimum absolute atomic E-state index is 0. The normalized spacial score (nSPS) is 9.96. The van der Waals surface area contributed by atoms with E-state index in [4.69, 9.17) is 0 Å². The molecule has 2 nitrogen and oxygen atoms in total. The third-order valence-corrected chi connectivity index (χ3v) is 4.39. The highest BCUT2D eigenvalue weighted by atomic mass is 35.5. The maximum Gasteiger partial charge on any atom is 0.178 e. The molecule has 0 bridgehead atoms. The molecule has 3 aromatic rings. The van der Waals surface area contributed by atoms with Gasteiger partial charge in [-0.1, -0.05) is 49.4 Å². The zero-order chi connectivity index (χ0) is 16.9. The third kappa shape index (κ3) is 4.26. The number of aromatic nitrogens is 1. The summed E-state index contributed by atoms with van der Waals surface area (Å²) in [6, 6.07) is 22.9. The first-order valence-electron chi connectivity index (χ1n) is 8.28. The molecular formula is C22H21ClN2. The van der Waals surface area contributed by atoms with Gasteiger partial charge in [0.1, 0.15) is 0 Å². The summed E-state index contributed by atoms with van der Waals surface area (Å²) in [5.74, 6) is 0. The van der Waals surface area contributed by atoms with Crippen LogP contribution in [0.4, 0.5) is 0 Å². The largest absolute Gasteiger partial charge is 1.00 e. The van der Waals surface area contributed by atoms with Gasteiger partial charge in [-0.2, -0.15) is 9.83 Å². The summed E-state index contributed by atoms with van der Waals surface area (Å²) < 4.78 is 2.29. The highest BCUT2D eigenvalue weighted by Gasteiger charge is 2.09. The van der Waals surface area contributed by atoms with Crippen LogP contribution in [-0.4, -0.2) is 0 Å². The van der Waals surface area contributed by atoms with Crippen LogP contribution in [0.15, 0.2) is 66.9 Å². The number of hydrogen-bond acceptors (Lipinski definition) is 1. The van der Waals surface area contributed by atoms with Gasteiger partial charge >= 0.3 is 0 Å². The fraction of sp³-hybridized carbons (Fsp3) is 0.182. The van der Waals surface area contributed by atoms with Gasteiger partial charge in [0, 0.05) is 24.1 Å². The Bertz CT molecular complexity index is 893. The van der Waals surface area contributed by atoms with E-state index in [-0.39, 0.29) is 12.4 Å². The lowest BCUT2D eigenvalue weighted by molar-refractivity contribution is -0.694. The summed E-state index contributed by atoms with van der Waals surface area (Å²) in [5.41, 5.74) is 6.65. The van der Waals surface area contributed by atoms with E-state index in [1.807, 2.05) is 24.3 Å². The van der Waals surface area contributed by atoms with E-state index in [2.05, 4.69) is 67.1 Å². The highest BCUT2D eigenvalue weighted by molar-refractivity contribution is 5.70. The van der Waals surface area contributed by atoms with Gasteiger partial charge in [-0.3, -0.25) is 0 Å². The molecule has 3 rings (SSSR count). The van der Waals surface area contributed by atoms with Gasteiger partial charge in [-0.15, -0.1) is 0 Å². The molecule has 25 heavy (non-hydrogen) atoms. The third-order valence-electron chi connectivity index (χ3n) is 4.39. The Kier molecular flexibility index (Phi) is 6.33. The van der Waals surface area contributed by atoms with Crippen molar-refractivity contribution in [1.82, 2.24) is 0 Å². The second kappa shape index (κ2) is 8.46. The van der Waals surface area contributed by atoms with Crippen LogP contribution < -0.4 is 17.0 Å². The molecule has 0 spiro atoms. The average Bonchev–Trinajstić information content (AvgIpc) is 2.64. The SMILES string of the molecule is CCc1ccc(C)[n+](Cc2ccc(-c3ccccc3C#N)cc2)c1.[Cl-]. The maximum absolute atomic E-state index is 9.26. The van der Waals surface area contributed by atoms with E-state index < -0.39 is 0 Å². The summed E-state index contributed by atoms with van der Waals surface area (Å²) >= 11 is 0. The summed E-state index contributed by atoms with van der Waals surface area (Å²) in [5, 5.41) is 9.26. The van der Waals surface area contributed by atoms with E-state index >= 15 is 0 Å². The lowest BCUT2D eigenvalue weighted by Gasteiger charge is -2.06. The van der Waals surface area contributed by atoms with Crippen molar-refractivity contribution < 1.29 is 17.0 Å². The first-order chi connectivity index (χ1) is 11.7. The number of halogens is 1. The van der Waals surface area contributed by atoms with Crippen LogP contribution in [0, 0.1) is 18.3 Å². The second-order valence-corrected chi connectivity index (χ2v) is 6.01. The van der Waals surface area contributed by atoms with E-state index in [9.17, 15) is 5.26 Å². The minimum Gasteiger partial charge on any atom is -1.00 e. The van der Waals surface area contributed by atoms with Crippen molar-refractivity contribution in [2.45, 2.75) is 26.8 Å². The van der Waals surface area contributed by atoms with Gasteiger partial charge in [0.05, 0.1) is 11.6 Å². The van der Waals surface area contributed by atoms with Gasteiger partial charge in [-0.05, 0) is 29.7 Å². The number of rotatable bonds is 4. The number of nitriles is 1. The van der Waals surface area contributed by atoms with E-state index in [0.29, 0.717) is 5.56 Å². The average molecular weight is 349 g/mol. The Morgan fingerprint density at radius 1 is 0.920 bits per heavy atom. The number of aryl methyl sites for hydroxylation is 2. The number of pyridine rings is 1. The van der Waals surface area contributed by atoms with Crippen LogP contribution >= 0.6 is 0 Å². The zero-order valence-corrected chi connectivity index (χ0v) is 15.3. The predicted octanol–water partition coefficient (Wildman–Crippen LogP) is 1.44. The molecule has 0 aliphatic heterocycles. The van der Waals surface area contributed by atoms with Crippen LogP contribution in [0.2, 0.25) is 0 Å². The smallest absolute Gasteiger partial charge is 0.178 e. The van der Waals surface area contributed by atoms with E-state index in [0.717, 1.165) is 24.1 Å². The first kappa shape index (κ1) is 18.7. The Morgan fingerprint density at radius 3 is 2.28 bits per heavy atom. The lowest BCUT2D eigenvalue weighted by atomic mass is 9.99. The fourth-order valence-electron chi connectivity index (χ4n) is 2.87. The molecule has 0 N–H and O–H groups in total. The Balaban J connectivity index is 0.00000225. The summed E-state index contributed by atoms with van der Waals surface area (Å²) in [4.78, 5) is 0. The quantitative estimate of drug-likeness (QED) is 0.656.